The van der Waals surface area contributed by atoms with Crippen LogP contribution in [0.3, 0.4) is 0 Å². The van der Waals surface area contributed by atoms with Gasteiger partial charge < -0.3 is 9.64 Å². The summed E-state index contributed by atoms with van der Waals surface area (Å²) in [6.07, 6.45) is 7.31. The molecule has 4 rings (SSSR count). The maximum absolute atomic E-state index is 13.0. The summed E-state index contributed by atoms with van der Waals surface area (Å²) in [4.78, 5) is 19.2. The van der Waals surface area contributed by atoms with E-state index >= 15 is 0 Å². The number of ether oxygens (including phenoxy) is 1. The molecule has 1 amide bonds. The van der Waals surface area contributed by atoms with Gasteiger partial charge in [0.15, 0.2) is 0 Å². The van der Waals surface area contributed by atoms with Gasteiger partial charge in [-0.25, -0.2) is 4.98 Å². The number of pyridine rings is 1. The zero-order valence-corrected chi connectivity index (χ0v) is 14.4. The molecule has 0 unspecified atom stereocenters. The molecule has 2 aromatic heterocycles. The molecule has 1 saturated heterocycles. The molecule has 1 atom stereocenters. The smallest absolute Gasteiger partial charge is 0.254 e. The molecule has 0 bridgehead atoms. The Morgan fingerprint density at radius 3 is 2.85 bits per heavy atom. The third-order valence-electron chi connectivity index (χ3n) is 4.54. The molecular formula is C20H20N4O2. The number of carbonyl (C=O) groups excluding carboxylic acids is 1. The second-order valence-corrected chi connectivity index (χ2v) is 6.32. The Morgan fingerprint density at radius 2 is 2.04 bits per heavy atom. The van der Waals surface area contributed by atoms with E-state index in [2.05, 4.69) is 10.1 Å². The molecule has 3 heterocycles. The average molecular weight is 348 g/mol. The van der Waals surface area contributed by atoms with Gasteiger partial charge in [-0.15, -0.1) is 0 Å². The van der Waals surface area contributed by atoms with Crippen LogP contribution in [0.5, 0.6) is 11.6 Å². The van der Waals surface area contributed by atoms with Crippen LogP contribution in [-0.4, -0.2) is 38.2 Å². The molecule has 6 nitrogen and oxygen atoms in total. The molecule has 0 spiro atoms. The van der Waals surface area contributed by atoms with Crippen LogP contribution in [0.15, 0.2) is 67.1 Å². The number of hydrogen-bond acceptors (Lipinski definition) is 4. The van der Waals surface area contributed by atoms with Gasteiger partial charge in [0.2, 0.25) is 5.88 Å². The summed E-state index contributed by atoms with van der Waals surface area (Å²) in [6, 6.07) is 14.9. The molecule has 1 aliphatic rings. The lowest BCUT2D eigenvalue weighted by Gasteiger charge is -2.25. The highest BCUT2D eigenvalue weighted by molar-refractivity contribution is 5.94. The van der Waals surface area contributed by atoms with Crippen LogP contribution in [0.1, 0.15) is 23.2 Å². The van der Waals surface area contributed by atoms with Crippen LogP contribution in [0.2, 0.25) is 0 Å². The van der Waals surface area contributed by atoms with E-state index in [9.17, 15) is 4.79 Å². The van der Waals surface area contributed by atoms with Gasteiger partial charge in [0.05, 0.1) is 12.6 Å². The van der Waals surface area contributed by atoms with E-state index in [1.807, 2.05) is 52.2 Å². The Balaban J connectivity index is 1.49. The number of para-hydroxylation sites is 1. The number of likely N-dealkylation sites (tertiary alicyclic amines) is 1. The molecule has 1 aliphatic heterocycles. The molecule has 132 valence electrons. The molecule has 0 N–H and O–H groups in total. The number of benzene rings is 1. The van der Waals surface area contributed by atoms with Gasteiger partial charge in [-0.3, -0.25) is 9.48 Å². The van der Waals surface area contributed by atoms with Crippen molar-refractivity contribution in [1.82, 2.24) is 19.7 Å². The Bertz CT molecular complexity index is 865. The van der Waals surface area contributed by atoms with E-state index in [-0.39, 0.29) is 11.9 Å². The standard InChI is InChI=1S/C20H20N4O2/c25-20(24-13-4-6-17(24)15-23-12-5-10-22-23)16-9-11-21-19(14-16)26-18-7-2-1-3-8-18/h1-3,5,7-12,14,17H,4,6,13,15H2/t17-/m1/s1. The summed E-state index contributed by atoms with van der Waals surface area (Å²) in [6.45, 7) is 1.49. The molecule has 0 saturated carbocycles. The summed E-state index contributed by atoms with van der Waals surface area (Å²) < 4.78 is 7.63. The van der Waals surface area contributed by atoms with Crippen molar-refractivity contribution in [3.63, 3.8) is 0 Å². The number of hydrogen-bond donors (Lipinski definition) is 0. The summed E-state index contributed by atoms with van der Waals surface area (Å²) in [7, 11) is 0. The average Bonchev–Trinajstić information content (AvgIpc) is 3.35. The highest BCUT2D eigenvalue weighted by Gasteiger charge is 2.30. The number of nitrogens with zero attached hydrogens (tertiary/aromatic N) is 4. The highest BCUT2D eigenvalue weighted by Crippen LogP contribution is 2.24. The quantitative estimate of drug-likeness (QED) is 0.709. The van der Waals surface area contributed by atoms with Crippen LogP contribution in [0.25, 0.3) is 0 Å². The van der Waals surface area contributed by atoms with E-state index in [1.54, 1.807) is 24.5 Å². The molecule has 1 fully saturated rings. The minimum absolute atomic E-state index is 0.0139. The van der Waals surface area contributed by atoms with Crippen LogP contribution >= 0.6 is 0 Å². The SMILES string of the molecule is O=C(c1ccnc(Oc2ccccc2)c1)N1CCC[C@@H]1Cn1cccn1. The second-order valence-electron chi connectivity index (χ2n) is 6.32. The van der Waals surface area contributed by atoms with Gasteiger partial charge in [0.25, 0.3) is 5.91 Å². The number of rotatable bonds is 5. The first kappa shape index (κ1) is 16.3. The summed E-state index contributed by atoms with van der Waals surface area (Å²) in [5.74, 6) is 1.13. The fraction of sp³-hybridized carbons (Fsp3) is 0.250. The molecule has 1 aromatic carbocycles. The number of aromatic nitrogens is 3. The van der Waals surface area contributed by atoms with Crippen molar-refractivity contribution in [3.8, 4) is 11.6 Å². The van der Waals surface area contributed by atoms with Crippen molar-refractivity contribution in [2.75, 3.05) is 6.54 Å². The van der Waals surface area contributed by atoms with Crippen molar-refractivity contribution in [2.24, 2.45) is 0 Å². The van der Waals surface area contributed by atoms with Crippen LogP contribution < -0.4 is 4.74 Å². The van der Waals surface area contributed by atoms with Gasteiger partial charge in [-0.2, -0.15) is 5.10 Å². The number of carbonyl (C=O) groups is 1. The summed E-state index contributed by atoms with van der Waals surface area (Å²) >= 11 is 0. The largest absolute Gasteiger partial charge is 0.439 e. The normalized spacial score (nSPS) is 16.6. The van der Waals surface area contributed by atoms with Crippen LogP contribution in [-0.2, 0) is 6.54 Å². The Hall–Kier alpha value is -3.15. The number of amides is 1. The molecular weight excluding hydrogens is 328 g/mol. The van der Waals surface area contributed by atoms with E-state index in [4.69, 9.17) is 4.74 Å². The fourth-order valence-corrected chi connectivity index (χ4v) is 3.29. The van der Waals surface area contributed by atoms with E-state index in [0.29, 0.717) is 17.2 Å². The zero-order chi connectivity index (χ0) is 17.8. The second kappa shape index (κ2) is 7.39. The Kier molecular flexibility index (Phi) is 4.64. The first-order chi connectivity index (χ1) is 12.8. The van der Waals surface area contributed by atoms with Crippen molar-refractivity contribution in [1.29, 1.82) is 0 Å². The minimum Gasteiger partial charge on any atom is -0.439 e. The highest BCUT2D eigenvalue weighted by atomic mass is 16.5. The zero-order valence-electron chi connectivity index (χ0n) is 14.4. The van der Waals surface area contributed by atoms with Crippen LogP contribution in [0, 0.1) is 0 Å². The van der Waals surface area contributed by atoms with Crippen LogP contribution in [0.4, 0.5) is 0 Å². The maximum Gasteiger partial charge on any atom is 0.254 e. The van der Waals surface area contributed by atoms with Crippen molar-refractivity contribution >= 4 is 5.91 Å². The predicted molar refractivity (Wildman–Crippen MR) is 97.0 cm³/mol. The lowest BCUT2D eigenvalue weighted by molar-refractivity contribution is 0.0721. The van der Waals surface area contributed by atoms with Gasteiger partial charge in [0.1, 0.15) is 5.75 Å². The molecule has 6 heteroatoms. The third kappa shape index (κ3) is 3.59. The Morgan fingerprint density at radius 1 is 1.15 bits per heavy atom. The minimum atomic E-state index is 0.0139. The van der Waals surface area contributed by atoms with E-state index in [1.165, 1.54) is 0 Å². The van der Waals surface area contributed by atoms with Gasteiger partial charge in [0, 0.05) is 36.8 Å². The fourth-order valence-electron chi connectivity index (χ4n) is 3.29. The maximum atomic E-state index is 13.0. The molecule has 0 aliphatic carbocycles. The van der Waals surface area contributed by atoms with Crippen molar-refractivity contribution in [2.45, 2.75) is 25.4 Å². The molecule has 3 aromatic rings. The third-order valence-corrected chi connectivity index (χ3v) is 4.54. The molecule has 26 heavy (non-hydrogen) atoms. The topological polar surface area (TPSA) is 60.2 Å². The van der Waals surface area contributed by atoms with Gasteiger partial charge >= 0.3 is 0 Å². The molecule has 0 radical (unpaired) electrons. The van der Waals surface area contributed by atoms with Crippen molar-refractivity contribution in [3.05, 3.63) is 72.7 Å². The van der Waals surface area contributed by atoms with Gasteiger partial charge in [-0.05, 0) is 37.1 Å². The first-order valence-electron chi connectivity index (χ1n) is 8.77. The monoisotopic (exact) mass is 348 g/mol. The lowest BCUT2D eigenvalue weighted by Crippen LogP contribution is -2.38. The van der Waals surface area contributed by atoms with Crippen molar-refractivity contribution < 1.29 is 9.53 Å². The first-order valence-corrected chi connectivity index (χ1v) is 8.77. The Labute approximate surface area is 152 Å². The van der Waals surface area contributed by atoms with E-state index in [0.717, 1.165) is 25.9 Å². The van der Waals surface area contributed by atoms with E-state index < -0.39 is 0 Å². The summed E-state index contributed by atoms with van der Waals surface area (Å²) in [5.41, 5.74) is 0.596. The predicted octanol–water partition coefficient (Wildman–Crippen LogP) is 3.38. The van der Waals surface area contributed by atoms with Gasteiger partial charge in [-0.1, -0.05) is 18.2 Å². The summed E-state index contributed by atoms with van der Waals surface area (Å²) in [5, 5.41) is 4.26. The lowest BCUT2D eigenvalue weighted by atomic mass is 10.2.